The average molecular weight is 634 g/mol. The molecule has 1 rings (SSSR count). The maximum atomic E-state index is 14.3. The van der Waals surface area contributed by atoms with Gasteiger partial charge >= 0.3 is 124 Å². The van der Waals surface area contributed by atoms with Crippen molar-refractivity contribution in [2.24, 2.45) is 0 Å². The van der Waals surface area contributed by atoms with E-state index in [2.05, 4.69) is 0 Å². The summed E-state index contributed by atoms with van der Waals surface area (Å²) in [7, 11) is 0. The second kappa shape index (κ2) is 9.56. The number of hydrogen-bond acceptors (Lipinski definition) is 3. The van der Waals surface area contributed by atoms with Crippen LogP contribution < -0.4 is 0 Å². The van der Waals surface area contributed by atoms with Crippen LogP contribution in [0.25, 0.3) is 0 Å². The molecule has 218 valence electrons. The quantitative estimate of drug-likeness (QED) is 0.278. The predicted octanol–water partition coefficient (Wildman–Crippen LogP) is 5.27. The topological polar surface area (TPSA) is 38.7 Å². The number of ether oxygens (including phenoxy) is 2. The Morgan fingerprint density at radius 2 is 0.838 bits per heavy atom. The first-order chi connectivity index (χ1) is 15.3. The van der Waals surface area contributed by atoms with E-state index >= 15 is 0 Å². The Labute approximate surface area is 229 Å². The number of hydrogen-bond donors (Lipinski definition) is 1. The van der Waals surface area contributed by atoms with Gasteiger partial charge in [0.05, 0.1) is 0 Å². The van der Waals surface area contributed by atoms with Crippen molar-refractivity contribution < 1.29 is 107 Å². The van der Waals surface area contributed by atoms with E-state index in [0.29, 0.717) is 0 Å². The van der Waals surface area contributed by atoms with Crippen LogP contribution in [0.4, 0.5) is 92.2 Å². The normalized spacial score (nSPS) is 26.6. The Bertz CT molecular complexity index is 839. The van der Waals surface area contributed by atoms with E-state index in [1.54, 1.807) is 9.47 Å². The molecule has 0 spiro atoms. The van der Waals surface area contributed by atoms with Gasteiger partial charge in [-0.3, -0.25) is 9.47 Å². The van der Waals surface area contributed by atoms with Crippen molar-refractivity contribution in [3.8, 4) is 0 Å². The van der Waals surface area contributed by atoms with Gasteiger partial charge in [0.1, 0.15) is 0 Å². The second-order valence-corrected chi connectivity index (χ2v) is 6.62. The minimum atomic E-state index is -8.53. The molecule has 0 aromatic heterocycles. The van der Waals surface area contributed by atoms with E-state index in [1.807, 2.05) is 0 Å². The molecule has 3 nitrogen and oxygen atoms in total. The van der Waals surface area contributed by atoms with Gasteiger partial charge in [-0.1, -0.05) is 0 Å². The van der Waals surface area contributed by atoms with Gasteiger partial charge in [-0.25, -0.2) is 17.6 Å². The molecule has 2 unspecified atom stereocenters. The van der Waals surface area contributed by atoms with E-state index in [9.17, 15) is 92.2 Å². The summed E-state index contributed by atoms with van der Waals surface area (Å²) < 4.78 is 281. The summed E-state index contributed by atoms with van der Waals surface area (Å²) in [6.45, 7) is 0. The van der Waals surface area contributed by atoms with E-state index in [0.717, 1.165) is 0 Å². The Morgan fingerprint density at radius 1 is 0.541 bits per heavy atom. The maximum absolute atomic E-state index is 14.3. The molecule has 1 fully saturated rings. The summed E-state index contributed by atoms with van der Waals surface area (Å²) in [5.41, 5.74) is 0. The van der Waals surface area contributed by atoms with Crippen LogP contribution in [0.2, 0.25) is 0 Å². The number of aliphatic hydroxyl groups is 1. The number of alkyl halides is 21. The van der Waals surface area contributed by atoms with Crippen LogP contribution >= 0.6 is 0 Å². The summed E-state index contributed by atoms with van der Waals surface area (Å²) in [4.78, 5) is 0. The third-order valence-corrected chi connectivity index (χ3v) is 4.32. The molecule has 2 atom stereocenters. The molecule has 0 aromatic rings. The zero-order valence-corrected chi connectivity index (χ0v) is 15.4. The van der Waals surface area contributed by atoms with Crippen LogP contribution in [0.5, 0.6) is 0 Å². The van der Waals surface area contributed by atoms with E-state index in [1.165, 1.54) is 0 Å². The summed E-state index contributed by atoms with van der Waals surface area (Å²) in [6, 6.07) is 0. The standard InChI is InChI=1S/C12H3F21O3.K.H/c13-1(14)3(17,18)5(21,22)7(25,26)9(29)12(32,33)36-10(35-9,11(30,31)34)8(27,28)6(23,24)4(19,20)2(15)16;;/h1-2,34H;;. The van der Waals surface area contributed by atoms with E-state index < -0.39 is 72.2 Å². The van der Waals surface area contributed by atoms with Crippen molar-refractivity contribution in [3.63, 3.8) is 0 Å². The molecule has 0 aliphatic carbocycles. The fourth-order valence-electron chi connectivity index (χ4n) is 2.31. The Morgan fingerprint density at radius 3 is 1.11 bits per heavy atom. The van der Waals surface area contributed by atoms with Gasteiger partial charge in [-0.2, -0.15) is 74.6 Å². The Balaban J connectivity index is 0.0000130. The van der Waals surface area contributed by atoms with Gasteiger partial charge in [0.2, 0.25) is 0 Å². The molecule has 25 heteroatoms. The predicted molar refractivity (Wildman–Crippen MR) is 69.7 cm³/mol. The molecule has 0 amide bonds. The van der Waals surface area contributed by atoms with Gasteiger partial charge in [0.15, 0.2) is 0 Å². The van der Waals surface area contributed by atoms with Crippen molar-refractivity contribution >= 4 is 51.4 Å². The van der Waals surface area contributed by atoms with E-state index in [-0.39, 0.29) is 51.4 Å². The molecule has 1 aliphatic heterocycles. The van der Waals surface area contributed by atoms with Gasteiger partial charge in [0.25, 0.3) is 0 Å². The minimum absolute atomic E-state index is 0. The summed E-state index contributed by atoms with van der Waals surface area (Å²) >= 11 is 0. The Hall–Kier alpha value is 0.0464. The molecular weight excluding hydrogens is 630 g/mol. The van der Waals surface area contributed by atoms with Gasteiger partial charge in [-0.05, 0) is 0 Å². The monoisotopic (exact) mass is 634 g/mol. The van der Waals surface area contributed by atoms with Gasteiger partial charge in [-0.15, -0.1) is 0 Å². The molecule has 0 saturated carbocycles. The molecule has 1 saturated heterocycles. The average Bonchev–Trinajstić information content (AvgIpc) is 2.89. The molecule has 1 heterocycles. The molecule has 0 bridgehead atoms. The SMILES string of the molecule is OC(F)(F)C1(C(F)(F)C(F)(F)C(F)(F)C(F)F)OC(F)(F)C(F)(C(F)(F)C(F)(F)C(F)(F)C(F)F)O1.[KH]. The fourth-order valence-corrected chi connectivity index (χ4v) is 2.31. The van der Waals surface area contributed by atoms with Crippen LogP contribution in [-0.2, 0) is 9.47 Å². The first kappa shape index (κ1) is 37.0. The summed E-state index contributed by atoms with van der Waals surface area (Å²) in [6.07, 6.45) is -27.7. The van der Waals surface area contributed by atoms with Crippen LogP contribution in [0.1, 0.15) is 0 Å². The van der Waals surface area contributed by atoms with Crippen LogP contribution in [0.15, 0.2) is 0 Å². The third-order valence-electron chi connectivity index (χ3n) is 4.32. The van der Waals surface area contributed by atoms with Crippen LogP contribution in [-0.4, -0.2) is 129 Å². The molecular formula is C12H4F21KO3. The van der Waals surface area contributed by atoms with Crippen LogP contribution in [0.3, 0.4) is 0 Å². The third kappa shape index (κ3) is 4.53. The summed E-state index contributed by atoms with van der Waals surface area (Å²) in [5.74, 6) is -65.1. The molecule has 1 aliphatic rings. The van der Waals surface area contributed by atoms with Crippen molar-refractivity contribution in [2.75, 3.05) is 0 Å². The van der Waals surface area contributed by atoms with Crippen LogP contribution in [0, 0.1) is 0 Å². The van der Waals surface area contributed by atoms with Crippen molar-refractivity contribution in [3.05, 3.63) is 0 Å². The first-order valence-corrected chi connectivity index (χ1v) is 7.70. The molecule has 0 radical (unpaired) electrons. The zero-order valence-electron chi connectivity index (χ0n) is 15.4. The van der Waals surface area contributed by atoms with Crippen molar-refractivity contribution in [2.45, 2.75) is 72.2 Å². The van der Waals surface area contributed by atoms with Crippen molar-refractivity contribution in [1.82, 2.24) is 0 Å². The Kier molecular flexibility index (Phi) is 9.57. The zero-order chi connectivity index (χ0) is 29.6. The molecule has 37 heavy (non-hydrogen) atoms. The van der Waals surface area contributed by atoms with Gasteiger partial charge < -0.3 is 5.11 Å². The van der Waals surface area contributed by atoms with Crippen molar-refractivity contribution in [1.29, 1.82) is 0 Å². The van der Waals surface area contributed by atoms with Gasteiger partial charge in [0, 0.05) is 0 Å². The van der Waals surface area contributed by atoms with E-state index in [4.69, 9.17) is 5.11 Å². The second-order valence-electron chi connectivity index (χ2n) is 6.62. The number of rotatable bonds is 9. The molecule has 0 aromatic carbocycles. The first-order valence-electron chi connectivity index (χ1n) is 7.70. The molecule has 1 N–H and O–H groups in total. The summed E-state index contributed by atoms with van der Waals surface area (Å²) in [5, 5.41) is 8.22. The number of halogens is 21. The fraction of sp³-hybridized carbons (Fsp3) is 1.00.